The van der Waals surface area contributed by atoms with Crippen LogP contribution in [0.5, 0.6) is 0 Å². The first-order chi connectivity index (χ1) is 11.1. The number of likely N-dealkylation sites (tertiary alicyclic amines) is 1. The second kappa shape index (κ2) is 8.44. The molecule has 2 N–H and O–H groups in total. The topological polar surface area (TPSA) is 93.9 Å². The quantitative estimate of drug-likeness (QED) is 0.815. The molecule has 0 bridgehead atoms. The molecule has 0 atom stereocenters. The fourth-order valence-electron chi connectivity index (χ4n) is 2.63. The Kier molecular flexibility index (Phi) is 6.29. The molecule has 1 saturated heterocycles. The Morgan fingerprint density at radius 2 is 2.17 bits per heavy atom. The van der Waals surface area contributed by atoms with Crippen molar-refractivity contribution in [1.82, 2.24) is 20.2 Å². The minimum atomic E-state index is 0.0962. The van der Waals surface area contributed by atoms with Gasteiger partial charge in [-0.25, -0.2) is 9.97 Å². The van der Waals surface area contributed by atoms with E-state index in [1.165, 1.54) is 0 Å². The molecule has 0 unspecified atom stereocenters. The highest BCUT2D eigenvalue weighted by molar-refractivity contribution is 5.77. The van der Waals surface area contributed by atoms with Crippen LogP contribution in [0, 0.1) is 18.3 Å². The van der Waals surface area contributed by atoms with Gasteiger partial charge in [0.2, 0.25) is 11.9 Å². The molecule has 1 fully saturated rings. The average molecular weight is 316 g/mol. The Morgan fingerprint density at radius 1 is 1.43 bits per heavy atom. The smallest absolute Gasteiger partial charge is 0.234 e. The van der Waals surface area contributed by atoms with Gasteiger partial charge in [0.1, 0.15) is 11.8 Å². The van der Waals surface area contributed by atoms with Crippen molar-refractivity contribution in [3.8, 4) is 6.07 Å². The van der Waals surface area contributed by atoms with Crippen molar-refractivity contribution in [3.63, 3.8) is 0 Å². The van der Waals surface area contributed by atoms with E-state index in [1.54, 1.807) is 6.07 Å². The molecule has 1 amide bonds. The number of amides is 1. The van der Waals surface area contributed by atoms with Crippen molar-refractivity contribution in [2.75, 3.05) is 31.5 Å². The molecular formula is C16H24N6O. The number of anilines is 1. The minimum Gasteiger partial charge on any atom is -0.355 e. The molecule has 0 radical (unpaired) electrons. The number of nitrogens with zero attached hydrogens (tertiary/aromatic N) is 4. The lowest BCUT2D eigenvalue weighted by Gasteiger charge is -2.31. The molecule has 7 nitrogen and oxygen atoms in total. The zero-order valence-corrected chi connectivity index (χ0v) is 13.8. The minimum absolute atomic E-state index is 0.0962. The summed E-state index contributed by atoms with van der Waals surface area (Å²) in [5.41, 5.74) is 1.16. The van der Waals surface area contributed by atoms with Gasteiger partial charge in [0.25, 0.3) is 0 Å². The molecule has 0 spiro atoms. The third-order valence-corrected chi connectivity index (χ3v) is 3.83. The molecular weight excluding hydrogens is 292 g/mol. The summed E-state index contributed by atoms with van der Waals surface area (Å²) in [4.78, 5) is 22.4. The van der Waals surface area contributed by atoms with Crippen LogP contribution in [0.1, 0.15) is 37.6 Å². The summed E-state index contributed by atoms with van der Waals surface area (Å²) in [6.45, 7) is 6.84. The first kappa shape index (κ1) is 17.2. The van der Waals surface area contributed by atoms with Gasteiger partial charge >= 0.3 is 0 Å². The van der Waals surface area contributed by atoms with Crippen LogP contribution in [0.2, 0.25) is 0 Å². The summed E-state index contributed by atoms with van der Waals surface area (Å²) in [5.74, 6) is 0.611. The van der Waals surface area contributed by atoms with Crippen molar-refractivity contribution in [1.29, 1.82) is 5.26 Å². The van der Waals surface area contributed by atoms with Crippen LogP contribution in [0.15, 0.2) is 6.07 Å². The molecule has 1 aliphatic rings. The van der Waals surface area contributed by atoms with E-state index < -0.39 is 0 Å². The Morgan fingerprint density at radius 3 is 2.83 bits per heavy atom. The summed E-state index contributed by atoms with van der Waals surface area (Å²) in [6.07, 6.45) is 2.82. The number of nitriles is 1. The van der Waals surface area contributed by atoms with Gasteiger partial charge in [-0.15, -0.1) is 0 Å². The number of hydrogen-bond donors (Lipinski definition) is 2. The van der Waals surface area contributed by atoms with Crippen molar-refractivity contribution in [2.24, 2.45) is 0 Å². The molecule has 0 aromatic carbocycles. The van der Waals surface area contributed by atoms with E-state index in [4.69, 9.17) is 5.26 Å². The third kappa shape index (κ3) is 5.49. The van der Waals surface area contributed by atoms with E-state index in [9.17, 15) is 4.79 Å². The van der Waals surface area contributed by atoms with Crippen molar-refractivity contribution < 1.29 is 4.79 Å². The number of carbonyl (C=O) groups is 1. The lowest BCUT2D eigenvalue weighted by Crippen LogP contribution is -2.44. The van der Waals surface area contributed by atoms with Crippen LogP contribution in [-0.2, 0) is 4.79 Å². The first-order valence-corrected chi connectivity index (χ1v) is 8.12. The number of rotatable bonds is 6. The first-order valence-electron chi connectivity index (χ1n) is 8.12. The van der Waals surface area contributed by atoms with E-state index in [0.29, 0.717) is 18.2 Å². The molecule has 0 saturated carbocycles. The van der Waals surface area contributed by atoms with Crippen LogP contribution in [0.4, 0.5) is 5.95 Å². The highest BCUT2D eigenvalue weighted by atomic mass is 16.2. The number of aromatic nitrogens is 2. The lowest BCUT2D eigenvalue weighted by molar-refractivity contribution is -0.122. The third-order valence-electron chi connectivity index (χ3n) is 3.83. The van der Waals surface area contributed by atoms with Crippen LogP contribution in [0.25, 0.3) is 0 Å². The molecule has 23 heavy (non-hydrogen) atoms. The van der Waals surface area contributed by atoms with Gasteiger partial charge in [0.15, 0.2) is 0 Å². The van der Waals surface area contributed by atoms with Gasteiger partial charge < -0.3 is 10.6 Å². The molecule has 124 valence electrons. The van der Waals surface area contributed by atoms with Crippen molar-refractivity contribution >= 4 is 11.9 Å². The monoisotopic (exact) mass is 316 g/mol. The van der Waals surface area contributed by atoms with E-state index in [2.05, 4.69) is 25.5 Å². The maximum absolute atomic E-state index is 11.7. The number of nitrogens with one attached hydrogen (secondary N) is 2. The van der Waals surface area contributed by atoms with E-state index >= 15 is 0 Å². The number of carbonyl (C=O) groups excluding carboxylic acids is 1. The predicted octanol–water partition coefficient (Wildman–Crippen LogP) is 1.06. The maximum atomic E-state index is 11.7. The molecule has 1 aromatic rings. The van der Waals surface area contributed by atoms with Gasteiger partial charge in [0.05, 0.1) is 6.54 Å². The van der Waals surface area contributed by atoms with Crippen LogP contribution < -0.4 is 10.6 Å². The van der Waals surface area contributed by atoms with Crippen LogP contribution in [0.3, 0.4) is 0 Å². The van der Waals surface area contributed by atoms with Gasteiger partial charge in [-0.05, 0) is 32.3 Å². The summed E-state index contributed by atoms with van der Waals surface area (Å²) < 4.78 is 0. The number of aryl methyl sites for hydroxylation is 1. The molecule has 2 heterocycles. The molecule has 1 aliphatic heterocycles. The summed E-state index contributed by atoms with van der Waals surface area (Å²) in [6, 6.07) is 3.99. The second-order valence-corrected chi connectivity index (χ2v) is 5.87. The largest absolute Gasteiger partial charge is 0.355 e. The summed E-state index contributed by atoms with van der Waals surface area (Å²) >= 11 is 0. The van der Waals surface area contributed by atoms with Crippen LogP contribution >= 0.6 is 0 Å². The summed E-state index contributed by atoms with van der Waals surface area (Å²) in [7, 11) is 0. The predicted molar refractivity (Wildman–Crippen MR) is 87.9 cm³/mol. The normalized spacial score (nSPS) is 15.9. The molecule has 2 rings (SSSR count). The van der Waals surface area contributed by atoms with Gasteiger partial charge in [0, 0.05) is 31.4 Å². The standard InChI is InChI=1S/C16H24N6O/c1-3-6-18-15(23)11-22-7-4-13(5-8-22)20-16-19-12(2)9-14(10-17)21-16/h9,13H,3-8,11H2,1-2H3,(H,18,23)(H,19,20,21). The van der Waals surface area contributed by atoms with Crippen molar-refractivity contribution in [2.45, 2.75) is 39.2 Å². The van der Waals surface area contributed by atoms with Crippen LogP contribution in [-0.4, -0.2) is 53.0 Å². The summed E-state index contributed by atoms with van der Waals surface area (Å²) in [5, 5.41) is 15.2. The van der Waals surface area contributed by atoms with Gasteiger partial charge in [-0.2, -0.15) is 5.26 Å². The fraction of sp³-hybridized carbons (Fsp3) is 0.625. The van der Waals surface area contributed by atoms with Crippen molar-refractivity contribution in [3.05, 3.63) is 17.5 Å². The number of piperidine rings is 1. The Labute approximate surface area is 137 Å². The van der Waals surface area contributed by atoms with E-state index in [1.807, 2.05) is 19.9 Å². The highest BCUT2D eigenvalue weighted by Crippen LogP contribution is 2.14. The lowest BCUT2D eigenvalue weighted by atomic mass is 10.1. The van der Waals surface area contributed by atoms with Gasteiger partial charge in [-0.1, -0.05) is 6.92 Å². The van der Waals surface area contributed by atoms with E-state index in [-0.39, 0.29) is 11.9 Å². The van der Waals surface area contributed by atoms with Gasteiger partial charge in [-0.3, -0.25) is 9.69 Å². The molecule has 0 aliphatic carbocycles. The second-order valence-electron chi connectivity index (χ2n) is 5.87. The molecule has 1 aromatic heterocycles. The SMILES string of the molecule is CCCNC(=O)CN1CCC(Nc2nc(C)cc(C#N)n2)CC1. The maximum Gasteiger partial charge on any atom is 0.234 e. The Hall–Kier alpha value is -2.20. The fourth-order valence-corrected chi connectivity index (χ4v) is 2.63. The van der Waals surface area contributed by atoms with E-state index in [0.717, 1.165) is 44.6 Å². The Bertz CT molecular complexity index is 574. The zero-order chi connectivity index (χ0) is 16.7. The Balaban J connectivity index is 1.80. The zero-order valence-electron chi connectivity index (χ0n) is 13.8. The average Bonchev–Trinajstić information content (AvgIpc) is 2.54. The highest BCUT2D eigenvalue weighted by Gasteiger charge is 2.21. The number of hydrogen-bond acceptors (Lipinski definition) is 6. The molecule has 7 heteroatoms.